The second-order valence-electron chi connectivity index (χ2n) is 5.43. The van der Waals surface area contributed by atoms with E-state index in [1.54, 1.807) is 0 Å². The van der Waals surface area contributed by atoms with Crippen molar-refractivity contribution >= 4 is 11.6 Å². The van der Waals surface area contributed by atoms with Gasteiger partial charge < -0.3 is 5.32 Å². The number of hydrogen-bond acceptors (Lipinski definition) is 1. The summed E-state index contributed by atoms with van der Waals surface area (Å²) in [6, 6.07) is 16.2. The monoisotopic (exact) mass is 267 g/mol. The van der Waals surface area contributed by atoms with Gasteiger partial charge in [0, 0.05) is 12.1 Å². The van der Waals surface area contributed by atoms with E-state index in [-0.39, 0.29) is 11.8 Å². The molecule has 20 heavy (non-hydrogen) atoms. The van der Waals surface area contributed by atoms with Gasteiger partial charge in [0.15, 0.2) is 0 Å². The van der Waals surface area contributed by atoms with Crippen LogP contribution in [0.15, 0.2) is 48.5 Å². The normalized spacial score (nSPS) is 11.9. The molecule has 0 fully saturated rings. The van der Waals surface area contributed by atoms with Gasteiger partial charge in [-0.25, -0.2) is 0 Å². The van der Waals surface area contributed by atoms with Crippen molar-refractivity contribution in [2.24, 2.45) is 0 Å². The zero-order valence-corrected chi connectivity index (χ0v) is 12.3. The Morgan fingerprint density at radius 2 is 1.45 bits per heavy atom. The largest absolute Gasteiger partial charge is 0.326 e. The van der Waals surface area contributed by atoms with Gasteiger partial charge in [0.2, 0.25) is 5.91 Å². The van der Waals surface area contributed by atoms with Gasteiger partial charge in [-0.1, -0.05) is 54.4 Å². The van der Waals surface area contributed by atoms with E-state index >= 15 is 0 Å². The molecule has 0 bridgehead atoms. The minimum atomic E-state index is 0.0573. The van der Waals surface area contributed by atoms with E-state index in [9.17, 15) is 4.79 Å². The summed E-state index contributed by atoms with van der Waals surface area (Å²) in [6.45, 7) is 6.18. The van der Waals surface area contributed by atoms with Crippen molar-refractivity contribution in [2.45, 2.75) is 33.1 Å². The molecule has 0 aromatic heterocycles. The SMILES string of the molecule is Cc1ccc(NC(=O)CC(C)c2ccc(C)cc2)cc1. The van der Waals surface area contributed by atoms with Crippen LogP contribution in [-0.4, -0.2) is 5.91 Å². The summed E-state index contributed by atoms with van der Waals surface area (Å²) in [5.41, 5.74) is 4.49. The zero-order chi connectivity index (χ0) is 14.5. The van der Waals surface area contributed by atoms with E-state index in [2.05, 4.69) is 43.4 Å². The second-order valence-corrected chi connectivity index (χ2v) is 5.43. The Hall–Kier alpha value is -2.09. The molecule has 1 unspecified atom stereocenters. The van der Waals surface area contributed by atoms with Crippen molar-refractivity contribution in [3.05, 3.63) is 65.2 Å². The fourth-order valence-electron chi connectivity index (χ4n) is 2.14. The summed E-state index contributed by atoms with van der Waals surface area (Å²) >= 11 is 0. The van der Waals surface area contributed by atoms with Gasteiger partial charge in [-0.2, -0.15) is 0 Å². The molecule has 2 aromatic carbocycles. The van der Waals surface area contributed by atoms with E-state index in [1.807, 2.05) is 31.2 Å². The maximum absolute atomic E-state index is 12.0. The predicted octanol–water partition coefficient (Wildman–Crippen LogP) is 4.44. The Balaban J connectivity index is 1.93. The lowest BCUT2D eigenvalue weighted by Crippen LogP contribution is -2.14. The number of benzene rings is 2. The van der Waals surface area contributed by atoms with Crippen molar-refractivity contribution in [1.29, 1.82) is 0 Å². The van der Waals surface area contributed by atoms with Gasteiger partial charge in [-0.15, -0.1) is 0 Å². The number of aryl methyl sites for hydroxylation is 2. The van der Waals surface area contributed by atoms with Gasteiger partial charge in [0.25, 0.3) is 0 Å². The van der Waals surface area contributed by atoms with Crippen LogP contribution in [0.2, 0.25) is 0 Å². The molecule has 104 valence electrons. The summed E-state index contributed by atoms with van der Waals surface area (Å²) in [6.07, 6.45) is 0.497. The molecule has 0 aliphatic rings. The molecule has 2 nitrogen and oxygen atoms in total. The molecule has 0 aliphatic carbocycles. The van der Waals surface area contributed by atoms with Gasteiger partial charge in [0.1, 0.15) is 0 Å². The number of nitrogens with one attached hydrogen (secondary N) is 1. The molecule has 1 N–H and O–H groups in total. The van der Waals surface area contributed by atoms with Gasteiger partial charge in [-0.05, 0) is 37.5 Å². The van der Waals surface area contributed by atoms with Crippen LogP contribution in [0.5, 0.6) is 0 Å². The summed E-state index contributed by atoms with van der Waals surface area (Å²) in [4.78, 5) is 12.0. The molecular formula is C18H21NO. The quantitative estimate of drug-likeness (QED) is 0.872. The maximum atomic E-state index is 12.0. The van der Waals surface area contributed by atoms with Crippen molar-refractivity contribution in [1.82, 2.24) is 0 Å². The standard InChI is InChI=1S/C18H21NO/c1-13-4-8-16(9-5-13)15(3)12-18(20)19-17-10-6-14(2)7-11-17/h4-11,15H,12H2,1-3H3,(H,19,20). The lowest BCUT2D eigenvalue weighted by Gasteiger charge is -2.12. The van der Waals surface area contributed by atoms with E-state index in [1.165, 1.54) is 16.7 Å². The van der Waals surface area contributed by atoms with Gasteiger partial charge in [0.05, 0.1) is 0 Å². The summed E-state index contributed by atoms with van der Waals surface area (Å²) in [7, 11) is 0. The third-order valence-electron chi connectivity index (χ3n) is 3.47. The van der Waals surface area contributed by atoms with Crippen molar-refractivity contribution in [3.63, 3.8) is 0 Å². The Morgan fingerprint density at radius 3 is 2.00 bits per heavy atom. The molecule has 2 aromatic rings. The van der Waals surface area contributed by atoms with E-state index in [4.69, 9.17) is 0 Å². The molecule has 0 saturated heterocycles. The first kappa shape index (κ1) is 14.3. The number of carbonyl (C=O) groups excluding carboxylic acids is 1. The average molecular weight is 267 g/mol. The Bertz CT molecular complexity index is 569. The topological polar surface area (TPSA) is 29.1 Å². The molecule has 0 heterocycles. The van der Waals surface area contributed by atoms with Crippen LogP contribution >= 0.6 is 0 Å². The van der Waals surface area contributed by atoms with Gasteiger partial charge >= 0.3 is 0 Å². The summed E-state index contributed by atoms with van der Waals surface area (Å²) in [5.74, 6) is 0.281. The van der Waals surface area contributed by atoms with Crippen molar-refractivity contribution in [3.8, 4) is 0 Å². The average Bonchev–Trinajstić information content (AvgIpc) is 2.42. The Kier molecular flexibility index (Phi) is 4.57. The predicted molar refractivity (Wildman–Crippen MR) is 84.0 cm³/mol. The lowest BCUT2D eigenvalue weighted by molar-refractivity contribution is -0.116. The lowest BCUT2D eigenvalue weighted by atomic mass is 9.96. The molecule has 0 radical (unpaired) electrons. The number of carbonyl (C=O) groups is 1. The third-order valence-corrected chi connectivity index (χ3v) is 3.47. The molecular weight excluding hydrogens is 246 g/mol. The van der Waals surface area contributed by atoms with Gasteiger partial charge in [-0.3, -0.25) is 4.79 Å². The number of hydrogen-bond donors (Lipinski definition) is 1. The van der Waals surface area contributed by atoms with Crippen LogP contribution in [0.1, 0.15) is 36.0 Å². The number of anilines is 1. The highest BCUT2D eigenvalue weighted by molar-refractivity contribution is 5.91. The minimum absolute atomic E-state index is 0.0573. The van der Waals surface area contributed by atoms with E-state index in [0.717, 1.165) is 5.69 Å². The Labute approximate surface area is 120 Å². The van der Waals surface area contributed by atoms with Crippen LogP contribution in [0.25, 0.3) is 0 Å². The van der Waals surface area contributed by atoms with Crippen LogP contribution in [0, 0.1) is 13.8 Å². The number of amides is 1. The van der Waals surface area contributed by atoms with Crippen LogP contribution < -0.4 is 5.32 Å². The zero-order valence-electron chi connectivity index (χ0n) is 12.3. The fourth-order valence-corrected chi connectivity index (χ4v) is 2.14. The first-order chi connectivity index (χ1) is 9.54. The maximum Gasteiger partial charge on any atom is 0.224 e. The fraction of sp³-hybridized carbons (Fsp3) is 0.278. The highest BCUT2D eigenvalue weighted by Crippen LogP contribution is 2.20. The third kappa shape index (κ3) is 3.95. The van der Waals surface area contributed by atoms with Crippen molar-refractivity contribution in [2.75, 3.05) is 5.32 Å². The molecule has 1 amide bonds. The Morgan fingerprint density at radius 1 is 0.950 bits per heavy atom. The second kappa shape index (κ2) is 6.38. The van der Waals surface area contributed by atoms with E-state index in [0.29, 0.717) is 6.42 Å². The first-order valence-electron chi connectivity index (χ1n) is 6.97. The smallest absolute Gasteiger partial charge is 0.224 e. The number of rotatable bonds is 4. The first-order valence-corrected chi connectivity index (χ1v) is 6.97. The summed E-state index contributed by atoms with van der Waals surface area (Å²) in [5, 5.41) is 2.94. The molecule has 1 atom stereocenters. The van der Waals surface area contributed by atoms with Crippen LogP contribution in [-0.2, 0) is 4.79 Å². The van der Waals surface area contributed by atoms with Crippen molar-refractivity contribution < 1.29 is 4.79 Å². The summed E-state index contributed by atoms with van der Waals surface area (Å²) < 4.78 is 0. The molecule has 0 aliphatic heterocycles. The minimum Gasteiger partial charge on any atom is -0.326 e. The molecule has 2 heteroatoms. The molecule has 0 saturated carbocycles. The highest BCUT2D eigenvalue weighted by Gasteiger charge is 2.11. The molecule has 0 spiro atoms. The van der Waals surface area contributed by atoms with E-state index < -0.39 is 0 Å². The van der Waals surface area contributed by atoms with Crippen LogP contribution in [0.4, 0.5) is 5.69 Å². The highest BCUT2D eigenvalue weighted by atomic mass is 16.1. The van der Waals surface area contributed by atoms with Crippen LogP contribution in [0.3, 0.4) is 0 Å². The molecule has 2 rings (SSSR count).